The Kier molecular flexibility index (Phi) is 16.8. The lowest BCUT2D eigenvalue weighted by atomic mass is 9.98. The van der Waals surface area contributed by atoms with Gasteiger partial charge in [-0.3, -0.25) is 33.6 Å². The third kappa shape index (κ3) is 13.6. The number of carbonyl (C=O) groups is 8. The highest BCUT2D eigenvalue weighted by atomic mass is 32.1. The fraction of sp³-hybridized carbons (Fsp3) is 0.680. The second-order valence-corrected chi connectivity index (χ2v) is 10.5. The zero-order valence-electron chi connectivity index (χ0n) is 24.1. The van der Waals surface area contributed by atoms with Crippen molar-refractivity contribution in [2.45, 2.75) is 90.5 Å². The highest BCUT2D eigenvalue weighted by molar-refractivity contribution is 7.80. The van der Waals surface area contributed by atoms with Gasteiger partial charge in [0, 0.05) is 12.2 Å². The summed E-state index contributed by atoms with van der Waals surface area (Å²) >= 11 is 3.88. The van der Waals surface area contributed by atoms with Crippen LogP contribution >= 0.6 is 12.6 Å². The second-order valence-electron chi connectivity index (χ2n) is 10.1. The van der Waals surface area contributed by atoms with E-state index in [-0.39, 0.29) is 12.2 Å². The number of thiol groups is 1. The van der Waals surface area contributed by atoms with E-state index in [4.69, 9.17) is 15.3 Å². The number of amides is 5. The van der Waals surface area contributed by atoms with E-state index in [0.717, 1.165) is 0 Å². The molecule has 0 aliphatic carbocycles. The van der Waals surface area contributed by atoms with Crippen LogP contribution in [-0.2, 0) is 38.4 Å². The van der Waals surface area contributed by atoms with Crippen molar-refractivity contribution >= 4 is 60.1 Å². The van der Waals surface area contributed by atoms with Crippen LogP contribution in [0.5, 0.6) is 0 Å². The standard InChI is InChI=1S/C25H41N5O11S/c1-6-13(21(36)28-15(10-42)25(40)41)27-23(38)19(11(2)3)30-24(39)20(12(4)5)29-22(37)14(9-18(34)35)26-16(31)7-8-17(32)33/h11-15,19-20,42H,6-10H2,1-5H3,(H,26,31)(H,27,38)(H,28,36)(H,29,37)(H,30,39)(H,32,33)(H,34,35)(H,40,41). The second kappa shape index (κ2) is 18.5. The Morgan fingerprint density at radius 2 is 1.05 bits per heavy atom. The maximum Gasteiger partial charge on any atom is 0.327 e. The number of carboxylic acid groups (broad SMARTS) is 3. The fourth-order valence-electron chi connectivity index (χ4n) is 3.51. The smallest absolute Gasteiger partial charge is 0.327 e. The number of carbonyl (C=O) groups excluding carboxylic acids is 5. The van der Waals surface area contributed by atoms with E-state index in [1.165, 1.54) is 0 Å². The van der Waals surface area contributed by atoms with E-state index in [1.54, 1.807) is 34.6 Å². The zero-order chi connectivity index (χ0) is 32.7. The van der Waals surface area contributed by atoms with Crippen LogP contribution in [-0.4, -0.2) is 98.7 Å². The molecule has 16 nitrogen and oxygen atoms in total. The van der Waals surface area contributed by atoms with Crippen LogP contribution in [0.4, 0.5) is 0 Å². The monoisotopic (exact) mass is 619 g/mol. The van der Waals surface area contributed by atoms with Crippen LogP contribution < -0.4 is 26.6 Å². The van der Waals surface area contributed by atoms with Crippen LogP contribution in [0.25, 0.3) is 0 Å². The molecule has 17 heteroatoms. The Balaban J connectivity index is 5.68. The predicted molar refractivity (Wildman–Crippen MR) is 150 cm³/mol. The molecule has 0 saturated carbocycles. The molecule has 5 atom stereocenters. The van der Waals surface area contributed by atoms with Crippen LogP contribution in [0.15, 0.2) is 0 Å². The minimum Gasteiger partial charge on any atom is -0.481 e. The van der Waals surface area contributed by atoms with Crippen molar-refractivity contribution in [1.29, 1.82) is 0 Å². The van der Waals surface area contributed by atoms with E-state index in [0.29, 0.717) is 0 Å². The number of nitrogens with one attached hydrogen (secondary N) is 5. The molecule has 0 saturated heterocycles. The third-order valence-electron chi connectivity index (χ3n) is 5.93. The Labute approximate surface area is 248 Å². The molecule has 0 rings (SSSR count). The van der Waals surface area contributed by atoms with Crippen LogP contribution in [0, 0.1) is 11.8 Å². The normalized spacial score (nSPS) is 14.5. The van der Waals surface area contributed by atoms with Gasteiger partial charge in [-0.2, -0.15) is 12.6 Å². The summed E-state index contributed by atoms with van der Waals surface area (Å²) in [5, 5.41) is 38.9. The van der Waals surface area contributed by atoms with Crippen molar-refractivity contribution in [3.63, 3.8) is 0 Å². The quantitative estimate of drug-likeness (QED) is 0.0751. The van der Waals surface area contributed by atoms with Crippen molar-refractivity contribution in [2.75, 3.05) is 5.75 Å². The first kappa shape index (κ1) is 38.1. The summed E-state index contributed by atoms with van der Waals surface area (Å²) in [5.74, 6) is -9.47. The van der Waals surface area contributed by atoms with Gasteiger partial charge in [0.05, 0.1) is 12.8 Å². The van der Waals surface area contributed by atoms with Gasteiger partial charge < -0.3 is 41.9 Å². The topological polar surface area (TPSA) is 257 Å². The number of rotatable bonds is 19. The summed E-state index contributed by atoms with van der Waals surface area (Å²) in [6.45, 7) is 7.97. The number of aliphatic carboxylic acids is 3. The maximum absolute atomic E-state index is 13.2. The molecule has 0 aromatic carbocycles. The van der Waals surface area contributed by atoms with Gasteiger partial charge in [-0.15, -0.1) is 0 Å². The van der Waals surface area contributed by atoms with Crippen molar-refractivity contribution in [3.8, 4) is 0 Å². The van der Waals surface area contributed by atoms with Crippen molar-refractivity contribution in [3.05, 3.63) is 0 Å². The lowest BCUT2D eigenvalue weighted by Crippen LogP contribution is -2.61. The minimum absolute atomic E-state index is 0.100. The number of carboxylic acids is 3. The molecule has 0 fully saturated rings. The summed E-state index contributed by atoms with van der Waals surface area (Å²) in [6.07, 6.45) is -1.78. The Bertz CT molecular complexity index is 1020. The molecule has 0 heterocycles. The highest BCUT2D eigenvalue weighted by Gasteiger charge is 2.34. The average Bonchev–Trinajstić information content (AvgIpc) is 2.88. The van der Waals surface area contributed by atoms with Crippen molar-refractivity contribution in [1.82, 2.24) is 26.6 Å². The van der Waals surface area contributed by atoms with Gasteiger partial charge in [0.25, 0.3) is 0 Å². The van der Waals surface area contributed by atoms with Gasteiger partial charge in [-0.1, -0.05) is 34.6 Å². The molecule has 0 aromatic rings. The fourth-order valence-corrected chi connectivity index (χ4v) is 3.76. The summed E-state index contributed by atoms with van der Waals surface area (Å²) in [6, 6.07) is -6.49. The van der Waals surface area contributed by atoms with Gasteiger partial charge in [0.1, 0.15) is 30.2 Å². The summed E-state index contributed by atoms with van der Waals surface area (Å²) in [4.78, 5) is 96.9. The Hall–Kier alpha value is -3.89. The molecular formula is C25H41N5O11S. The molecule has 0 aromatic heterocycles. The number of hydrogen-bond acceptors (Lipinski definition) is 9. The average molecular weight is 620 g/mol. The third-order valence-corrected chi connectivity index (χ3v) is 6.29. The number of hydrogen-bond donors (Lipinski definition) is 9. The maximum atomic E-state index is 13.2. The summed E-state index contributed by atoms with van der Waals surface area (Å²) in [5.41, 5.74) is 0. The Morgan fingerprint density at radius 1 is 0.595 bits per heavy atom. The molecule has 0 bridgehead atoms. The zero-order valence-corrected chi connectivity index (χ0v) is 25.0. The largest absolute Gasteiger partial charge is 0.481 e. The molecule has 0 spiro atoms. The molecule has 0 radical (unpaired) electrons. The molecule has 42 heavy (non-hydrogen) atoms. The molecule has 5 unspecified atom stereocenters. The summed E-state index contributed by atoms with van der Waals surface area (Å²) < 4.78 is 0. The van der Waals surface area contributed by atoms with E-state index in [2.05, 4.69) is 39.2 Å². The van der Waals surface area contributed by atoms with Gasteiger partial charge in [-0.25, -0.2) is 4.79 Å². The van der Waals surface area contributed by atoms with E-state index in [9.17, 15) is 38.4 Å². The van der Waals surface area contributed by atoms with Gasteiger partial charge in [0.15, 0.2) is 0 Å². The molecule has 238 valence electrons. The van der Waals surface area contributed by atoms with Crippen LogP contribution in [0.2, 0.25) is 0 Å². The van der Waals surface area contributed by atoms with Gasteiger partial charge in [0.2, 0.25) is 29.5 Å². The van der Waals surface area contributed by atoms with E-state index >= 15 is 0 Å². The van der Waals surface area contributed by atoms with Gasteiger partial charge in [-0.05, 0) is 18.3 Å². The minimum atomic E-state index is -1.61. The van der Waals surface area contributed by atoms with E-state index in [1.807, 2.05) is 0 Å². The van der Waals surface area contributed by atoms with Gasteiger partial charge >= 0.3 is 17.9 Å². The lowest BCUT2D eigenvalue weighted by Gasteiger charge is -2.29. The molecule has 0 aliphatic rings. The van der Waals surface area contributed by atoms with Crippen molar-refractivity contribution < 1.29 is 53.7 Å². The first-order chi connectivity index (χ1) is 19.4. The molecular weight excluding hydrogens is 578 g/mol. The van der Waals surface area contributed by atoms with Crippen LogP contribution in [0.1, 0.15) is 60.3 Å². The lowest BCUT2D eigenvalue weighted by molar-refractivity contribution is -0.142. The van der Waals surface area contributed by atoms with Crippen molar-refractivity contribution in [2.24, 2.45) is 11.8 Å². The molecule has 0 aliphatic heterocycles. The first-order valence-electron chi connectivity index (χ1n) is 13.2. The summed E-state index contributed by atoms with van der Waals surface area (Å²) in [7, 11) is 0. The SMILES string of the molecule is CCC(NC(=O)C(NC(=O)C(NC(=O)C(CC(=O)O)NC(=O)CCC(=O)O)C(C)C)C(C)C)C(=O)NC(CS)C(=O)O. The molecule has 5 amide bonds. The molecule has 8 N–H and O–H groups in total. The Morgan fingerprint density at radius 3 is 1.45 bits per heavy atom. The van der Waals surface area contributed by atoms with E-state index < -0.39 is 109 Å². The predicted octanol–water partition coefficient (Wildman–Crippen LogP) is -1.51. The first-order valence-corrected chi connectivity index (χ1v) is 13.9. The highest BCUT2D eigenvalue weighted by Crippen LogP contribution is 2.09. The van der Waals surface area contributed by atoms with Crippen LogP contribution in [0.3, 0.4) is 0 Å².